The van der Waals surface area contributed by atoms with E-state index in [0.717, 1.165) is 18.2 Å². The van der Waals surface area contributed by atoms with Crippen LogP contribution in [0.1, 0.15) is 23.7 Å². The van der Waals surface area contributed by atoms with Crippen molar-refractivity contribution in [2.24, 2.45) is 0 Å². The van der Waals surface area contributed by atoms with Crippen LogP contribution in [0.3, 0.4) is 0 Å². The van der Waals surface area contributed by atoms with Crippen molar-refractivity contribution in [2.75, 3.05) is 29.9 Å². The van der Waals surface area contributed by atoms with Gasteiger partial charge in [-0.2, -0.15) is 13.2 Å². The minimum atomic E-state index is -4.51. The van der Waals surface area contributed by atoms with Crippen LogP contribution in [-0.2, 0) is 11.0 Å². The highest BCUT2D eigenvalue weighted by Gasteiger charge is 2.30. The molecule has 0 spiro atoms. The molecule has 1 unspecified atom stereocenters. The number of nitrogens with zero attached hydrogens (tertiary/aromatic N) is 3. The molecule has 30 heavy (non-hydrogen) atoms. The number of hydrogen-bond donors (Lipinski definition) is 3. The van der Waals surface area contributed by atoms with Crippen molar-refractivity contribution in [1.29, 1.82) is 0 Å². The molecule has 0 saturated heterocycles. The van der Waals surface area contributed by atoms with E-state index in [2.05, 4.69) is 15.3 Å². The summed E-state index contributed by atoms with van der Waals surface area (Å²) in [5.74, 6) is -1.14. The quantitative estimate of drug-likeness (QED) is 0.636. The molecule has 3 heterocycles. The largest absolute Gasteiger partial charge is 0.417 e. The molecule has 0 fully saturated rings. The van der Waals surface area contributed by atoms with Crippen molar-refractivity contribution < 1.29 is 32.6 Å². The monoisotopic (exact) mass is 426 g/mol. The van der Waals surface area contributed by atoms with Gasteiger partial charge in [0.2, 0.25) is 0 Å². The summed E-state index contributed by atoms with van der Waals surface area (Å²) in [6.45, 7) is -0.0836. The van der Waals surface area contributed by atoms with Gasteiger partial charge in [0.25, 0.3) is 5.91 Å². The Balaban J connectivity index is 1.63. The molecule has 2 aromatic heterocycles. The minimum absolute atomic E-state index is 0.0120. The molecule has 0 aromatic carbocycles. The molecule has 0 bridgehead atoms. The second-order valence-electron chi connectivity index (χ2n) is 6.58. The Morgan fingerprint density at radius 1 is 1.27 bits per heavy atom. The first-order valence-electron chi connectivity index (χ1n) is 8.92. The molecule has 1 aliphatic rings. The van der Waals surface area contributed by atoms with Gasteiger partial charge in [0.05, 0.1) is 12.2 Å². The molecule has 3 N–H and O–H groups in total. The number of rotatable bonds is 5. The molecule has 1 atom stereocenters. The summed E-state index contributed by atoms with van der Waals surface area (Å²) in [4.78, 5) is 21.5. The van der Waals surface area contributed by atoms with Gasteiger partial charge < -0.3 is 20.4 Å². The molecule has 11 heteroatoms. The van der Waals surface area contributed by atoms with Crippen LogP contribution in [0.4, 0.5) is 29.2 Å². The highest BCUT2D eigenvalue weighted by molar-refractivity contribution is 6.03. The SMILES string of the molecule is O=C(Nc1ccc(C(F)(F)F)cn1)C1=CCN(c2ncc(C(O)CO)cc2F)CC1. The highest BCUT2D eigenvalue weighted by atomic mass is 19.4. The van der Waals surface area contributed by atoms with E-state index < -0.39 is 36.2 Å². The lowest BCUT2D eigenvalue weighted by molar-refractivity contribution is -0.137. The van der Waals surface area contributed by atoms with Crippen LogP contribution < -0.4 is 10.2 Å². The highest BCUT2D eigenvalue weighted by Crippen LogP contribution is 2.29. The number of carbonyl (C=O) groups is 1. The third-order valence-electron chi connectivity index (χ3n) is 4.53. The number of nitrogens with one attached hydrogen (secondary N) is 1. The molecule has 1 aliphatic heterocycles. The van der Waals surface area contributed by atoms with Gasteiger partial charge in [-0.05, 0) is 24.6 Å². The first-order chi connectivity index (χ1) is 14.2. The maximum Gasteiger partial charge on any atom is 0.417 e. The molecular weight excluding hydrogens is 408 g/mol. The van der Waals surface area contributed by atoms with E-state index in [4.69, 9.17) is 5.11 Å². The Labute approximate surface area is 168 Å². The fourth-order valence-corrected chi connectivity index (χ4v) is 2.87. The standard InChI is InChI=1S/C19H18F4N4O3/c20-14-7-12(15(29)10-28)8-25-17(14)27-5-3-11(4-6-27)18(30)26-16-2-1-13(9-24-16)19(21,22)23/h1-3,7-9,15,28-29H,4-6,10H2,(H,24,26,30). The van der Waals surface area contributed by atoms with Crippen LogP contribution in [0.25, 0.3) is 0 Å². The number of halogens is 4. The molecule has 160 valence electrons. The molecule has 2 aromatic rings. The first kappa shape index (κ1) is 21.7. The zero-order chi connectivity index (χ0) is 21.9. The van der Waals surface area contributed by atoms with E-state index in [0.29, 0.717) is 11.8 Å². The summed E-state index contributed by atoms with van der Waals surface area (Å²) < 4.78 is 52.0. The average molecular weight is 426 g/mol. The molecule has 0 radical (unpaired) electrons. The number of amides is 1. The number of aromatic nitrogens is 2. The Morgan fingerprint density at radius 3 is 2.57 bits per heavy atom. The van der Waals surface area contributed by atoms with Crippen LogP contribution in [0.15, 0.2) is 42.2 Å². The number of anilines is 2. The molecule has 1 amide bonds. The Kier molecular flexibility index (Phi) is 6.32. The predicted octanol–water partition coefficient (Wildman–Crippen LogP) is 2.44. The lowest BCUT2D eigenvalue weighted by Crippen LogP contribution is -2.32. The summed E-state index contributed by atoms with van der Waals surface area (Å²) >= 11 is 0. The molecule has 3 rings (SSSR count). The second kappa shape index (κ2) is 8.76. The van der Waals surface area contributed by atoms with Crippen molar-refractivity contribution >= 4 is 17.5 Å². The van der Waals surface area contributed by atoms with E-state index in [9.17, 15) is 27.5 Å². The topological polar surface area (TPSA) is 98.6 Å². The van der Waals surface area contributed by atoms with Crippen LogP contribution in [0.2, 0.25) is 0 Å². The summed E-state index contributed by atoms with van der Waals surface area (Å²) in [7, 11) is 0. The van der Waals surface area contributed by atoms with Gasteiger partial charge in [0.1, 0.15) is 11.9 Å². The zero-order valence-corrected chi connectivity index (χ0v) is 15.5. The Bertz CT molecular complexity index is 948. The normalized spacial score (nSPS) is 15.5. The smallest absolute Gasteiger partial charge is 0.393 e. The molecule has 7 nitrogen and oxygen atoms in total. The van der Waals surface area contributed by atoms with E-state index in [1.165, 1.54) is 6.20 Å². The van der Waals surface area contributed by atoms with E-state index in [1.54, 1.807) is 11.0 Å². The predicted molar refractivity (Wildman–Crippen MR) is 99.0 cm³/mol. The molecule has 0 saturated carbocycles. The first-order valence-corrected chi connectivity index (χ1v) is 8.92. The summed E-state index contributed by atoms with van der Waals surface area (Å²) in [6.07, 6.45) is -2.01. The van der Waals surface area contributed by atoms with Crippen molar-refractivity contribution in [3.05, 3.63) is 59.2 Å². The van der Waals surface area contributed by atoms with Crippen LogP contribution in [0.5, 0.6) is 0 Å². The van der Waals surface area contributed by atoms with Crippen molar-refractivity contribution in [2.45, 2.75) is 18.7 Å². The maximum atomic E-state index is 14.3. The van der Waals surface area contributed by atoms with Crippen LogP contribution in [0, 0.1) is 5.82 Å². The lowest BCUT2D eigenvalue weighted by atomic mass is 10.1. The van der Waals surface area contributed by atoms with Crippen molar-refractivity contribution in [1.82, 2.24) is 9.97 Å². The molecule has 0 aliphatic carbocycles. The van der Waals surface area contributed by atoms with Gasteiger partial charge in [-0.15, -0.1) is 0 Å². The van der Waals surface area contributed by atoms with Gasteiger partial charge in [0.15, 0.2) is 11.6 Å². The van der Waals surface area contributed by atoms with Gasteiger partial charge in [-0.1, -0.05) is 6.08 Å². The number of hydrogen-bond acceptors (Lipinski definition) is 6. The van der Waals surface area contributed by atoms with Crippen LogP contribution in [-0.4, -0.2) is 45.8 Å². The van der Waals surface area contributed by atoms with E-state index in [-0.39, 0.29) is 36.7 Å². The Hall–Kier alpha value is -3.05. The fourth-order valence-electron chi connectivity index (χ4n) is 2.87. The third kappa shape index (κ3) is 4.92. The second-order valence-corrected chi connectivity index (χ2v) is 6.58. The fraction of sp³-hybridized carbons (Fsp3) is 0.316. The minimum Gasteiger partial charge on any atom is -0.393 e. The van der Waals surface area contributed by atoms with E-state index in [1.807, 2.05) is 0 Å². The number of pyridine rings is 2. The summed E-state index contributed by atoms with van der Waals surface area (Å²) in [5, 5.41) is 20.9. The van der Waals surface area contributed by atoms with E-state index >= 15 is 0 Å². The Morgan fingerprint density at radius 2 is 2.03 bits per heavy atom. The summed E-state index contributed by atoms with van der Waals surface area (Å²) in [6, 6.07) is 2.98. The number of aliphatic hydroxyl groups is 2. The number of aliphatic hydroxyl groups excluding tert-OH is 2. The number of carbonyl (C=O) groups excluding carboxylic acids is 1. The summed E-state index contributed by atoms with van der Waals surface area (Å²) in [5.41, 5.74) is -0.379. The van der Waals surface area contributed by atoms with Gasteiger partial charge in [-0.25, -0.2) is 14.4 Å². The lowest BCUT2D eigenvalue weighted by Gasteiger charge is -2.27. The van der Waals surface area contributed by atoms with Crippen molar-refractivity contribution in [3.63, 3.8) is 0 Å². The average Bonchev–Trinajstić information content (AvgIpc) is 2.73. The maximum absolute atomic E-state index is 14.3. The third-order valence-corrected chi connectivity index (χ3v) is 4.53. The van der Waals surface area contributed by atoms with Gasteiger partial charge in [0, 0.05) is 36.6 Å². The number of alkyl halides is 3. The van der Waals surface area contributed by atoms with Crippen molar-refractivity contribution in [3.8, 4) is 0 Å². The molecular formula is C19H18F4N4O3. The zero-order valence-electron chi connectivity index (χ0n) is 15.5. The van der Waals surface area contributed by atoms with Gasteiger partial charge >= 0.3 is 6.18 Å². The van der Waals surface area contributed by atoms with Gasteiger partial charge in [-0.3, -0.25) is 4.79 Å². The van der Waals surface area contributed by atoms with Crippen LogP contribution >= 0.6 is 0 Å².